The van der Waals surface area contributed by atoms with Crippen LogP contribution in [0.2, 0.25) is 0 Å². The summed E-state index contributed by atoms with van der Waals surface area (Å²) in [5.74, 6) is -1.22. The van der Waals surface area contributed by atoms with Gasteiger partial charge in [0.05, 0.1) is 25.7 Å². The van der Waals surface area contributed by atoms with Gasteiger partial charge in [0.2, 0.25) is 12.7 Å². The lowest BCUT2D eigenvalue weighted by Crippen LogP contribution is -2.45. The maximum atomic E-state index is 14.0. The molecule has 3 atom stereocenters. The van der Waals surface area contributed by atoms with Gasteiger partial charge in [0.25, 0.3) is 0 Å². The van der Waals surface area contributed by atoms with Gasteiger partial charge in [-0.05, 0) is 60.6 Å². The maximum absolute atomic E-state index is 14.0. The molecule has 0 bridgehead atoms. The number of pyridine rings is 1. The summed E-state index contributed by atoms with van der Waals surface area (Å²) in [6.45, 7) is 2.84. The number of nitrogens with zero attached hydrogens (tertiary/aromatic N) is 3. The Balaban J connectivity index is 1.45. The van der Waals surface area contributed by atoms with E-state index < -0.39 is 23.8 Å². The van der Waals surface area contributed by atoms with Crippen LogP contribution in [0.4, 0.5) is 5.69 Å². The summed E-state index contributed by atoms with van der Waals surface area (Å²) in [5.41, 5.74) is 4.01. The largest absolute Gasteiger partial charge is 0.481 e. The van der Waals surface area contributed by atoms with E-state index in [4.69, 9.17) is 9.47 Å². The molecule has 2 aliphatic heterocycles. The lowest BCUT2D eigenvalue weighted by atomic mass is 9.82. The first kappa shape index (κ1) is 32.4. The molecule has 3 N–H and O–H groups in total. The molecule has 0 spiro atoms. The minimum Gasteiger partial charge on any atom is -0.481 e. The van der Waals surface area contributed by atoms with Crippen molar-refractivity contribution in [1.29, 1.82) is 0 Å². The molecule has 240 valence electrons. The van der Waals surface area contributed by atoms with Gasteiger partial charge >= 0.3 is 5.97 Å². The molecule has 3 aromatic rings. The second-order valence-corrected chi connectivity index (χ2v) is 12.0. The van der Waals surface area contributed by atoms with E-state index >= 15 is 0 Å². The Morgan fingerprint density at radius 2 is 1.80 bits per heavy atom. The van der Waals surface area contributed by atoms with Crippen LogP contribution < -0.4 is 18.9 Å². The number of likely N-dealkylation sites (tertiary alicyclic amines) is 1. The Kier molecular flexibility index (Phi) is 10.7. The second kappa shape index (κ2) is 14.9. The van der Waals surface area contributed by atoms with Gasteiger partial charge in [-0.15, -0.1) is 0 Å². The lowest BCUT2D eigenvalue weighted by molar-refractivity contribution is -0.670. The van der Waals surface area contributed by atoms with Crippen molar-refractivity contribution in [3.63, 3.8) is 0 Å². The number of aryl methyl sites for hydroxylation is 2. The number of carbonyl (C=O) groups is 2. The number of aliphatic hydroxyl groups is 2. The van der Waals surface area contributed by atoms with E-state index in [2.05, 4.69) is 6.92 Å². The summed E-state index contributed by atoms with van der Waals surface area (Å²) in [5, 5.41) is 30.5. The van der Waals surface area contributed by atoms with Crippen LogP contribution in [-0.4, -0.2) is 64.6 Å². The molecule has 5 rings (SSSR count). The summed E-state index contributed by atoms with van der Waals surface area (Å²) in [6.07, 6.45) is 7.58. The van der Waals surface area contributed by atoms with Crippen molar-refractivity contribution in [2.75, 3.05) is 31.3 Å². The highest BCUT2D eigenvalue weighted by Gasteiger charge is 2.47. The van der Waals surface area contributed by atoms with Crippen LogP contribution in [-0.2, 0) is 36.3 Å². The third-order valence-electron chi connectivity index (χ3n) is 9.05. The number of carboxylic acid groups (broad SMARTS) is 1. The van der Waals surface area contributed by atoms with Crippen molar-refractivity contribution in [2.24, 2.45) is 13.0 Å². The van der Waals surface area contributed by atoms with Crippen molar-refractivity contribution < 1.29 is 38.9 Å². The third-order valence-corrected chi connectivity index (χ3v) is 9.05. The van der Waals surface area contributed by atoms with Gasteiger partial charge in [0.15, 0.2) is 23.9 Å². The molecule has 3 heterocycles. The molecule has 1 aromatic heterocycles. The van der Waals surface area contributed by atoms with Crippen molar-refractivity contribution in [2.45, 2.75) is 64.2 Å². The van der Waals surface area contributed by atoms with Crippen molar-refractivity contribution in [3.05, 3.63) is 83.2 Å². The number of carboxylic acids is 1. The Bertz CT molecular complexity index is 1500. The fraction of sp³-hybridized carbons (Fsp3) is 0.457. The van der Waals surface area contributed by atoms with Gasteiger partial charge in [-0.25, -0.2) is 4.57 Å². The summed E-state index contributed by atoms with van der Waals surface area (Å²) in [4.78, 5) is 30.9. The normalized spacial score (nSPS) is 19.2. The first-order valence-electron chi connectivity index (χ1n) is 15.8. The van der Waals surface area contributed by atoms with E-state index in [1.54, 1.807) is 0 Å². The summed E-state index contributed by atoms with van der Waals surface area (Å²) < 4.78 is 13.1. The predicted octanol–water partition coefficient (Wildman–Crippen LogP) is 3.55. The van der Waals surface area contributed by atoms with E-state index in [0.717, 1.165) is 35.2 Å². The molecule has 1 fully saturated rings. The van der Waals surface area contributed by atoms with Crippen LogP contribution in [0.3, 0.4) is 0 Å². The zero-order chi connectivity index (χ0) is 31.9. The summed E-state index contributed by atoms with van der Waals surface area (Å²) in [6, 6.07) is 14.8. The molecule has 45 heavy (non-hydrogen) atoms. The predicted molar refractivity (Wildman–Crippen MR) is 168 cm³/mol. The lowest BCUT2D eigenvalue weighted by Gasteiger charge is -2.29. The number of aliphatic carboxylic acids is 1. The third kappa shape index (κ3) is 7.30. The molecule has 0 radical (unpaired) electrons. The monoisotopic (exact) mass is 618 g/mol. The fourth-order valence-corrected chi connectivity index (χ4v) is 6.79. The molecule has 2 aliphatic rings. The highest BCUT2D eigenvalue weighted by Crippen LogP contribution is 2.45. The number of anilines is 1. The molecular weight excluding hydrogens is 574 g/mol. The number of hydrogen-bond acceptors (Lipinski definition) is 7. The van der Waals surface area contributed by atoms with Crippen LogP contribution in [0.25, 0.3) is 0 Å². The Hall–Kier alpha value is -3.99. The molecule has 10 heteroatoms. The average Bonchev–Trinajstić information content (AvgIpc) is 3.66. The van der Waals surface area contributed by atoms with Gasteiger partial charge in [0.1, 0.15) is 12.7 Å². The number of rotatable bonds is 14. The van der Waals surface area contributed by atoms with Gasteiger partial charge in [-0.2, -0.15) is 0 Å². The van der Waals surface area contributed by atoms with E-state index in [1.165, 1.54) is 0 Å². The van der Waals surface area contributed by atoms with Gasteiger partial charge in [0, 0.05) is 36.7 Å². The number of aromatic nitrogens is 1. The van der Waals surface area contributed by atoms with Crippen LogP contribution in [0.1, 0.15) is 60.8 Å². The molecule has 10 nitrogen and oxygen atoms in total. The number of carbonyl (C=O) groups excluding carboxylic acids is 1. The number of amides is 1. The van der Waals surface area contributed by atoms with Gasteiger partial charge < -0.3 is 29.7 Å². The van der Waals surface area contributed by atoms with Crippen LogP contribution >= 0.6 is 0 Å². The molecule has 1 saturated heterocycles. The first-order valence-corrected chi connectivity index (χ1v) is 15.8. The second-order valence-electron chi connectivity index (χ2n) is 12.0. The van der Waals surface area contributed by atoms with Crippen molar-refractivity contribution in [1.82, 2.24) is 4.90 Å². The van der Waals surface area contributed by atoms with Gasteiger partial charge in [-0.1, -0.05) is 37.6 Å². The van der Waals surface area contributed by atoms with E-state index in [0.29, 0.717) is 49.4 Å². The molecule has 0 aliphatic carbocycles. The molecule has 0 saturated carbocycles. The number of ether oxygens (including phenoxy) is 2. The number of hydrogen-bond donors (Lipinski definition) is 3. The minimum absolute atomic E-state index is 0.0439. The zero-order valence-corrected chi connectivity index (χ0v) is 26.1. The summed E-state index contributed by atoms with van der Waals surface area (Å²) >= 11 is 0. The Morgan fingerprint density at radius 1 is 1.02 bits per heavy atom. The number of fused-ring (bicyclic) bond motifs is 1. The van der Waals surface area contributed by atoms with E-state index in [1.807, 2.05) is 82.3 Å². The van der Waals surface area contributed by atoms with E-state index in [9.17, 15) is 24.9 Å². The Morgan fingerprint density at radius 3 is 2.51 bits per heavy atom. The SMILES string of the molecule is CCCCN(C(=O)CN1C[C@H](c2cc(CO)c3c(c2)OCO3)[C@@H](C(=O)O)[C@@H]1CCCc1ccccc1CO)c1ccc[n+](C)c1. The smallest absolute Gasteiger partial charge is 0.308 e. The Labute approximate surface area is 264 Å². The first-order chi connectivity index (χ1) is 21.8. The van der Waals surface area contributed by atoms with Crippen molar-refractivity contribution in [3.8, 4) is 11.5 Å². The highest BCUT2D eigenvalue weighted by atomic mass is 16.7. The quantitative estimate of drug-likeness (QED) is 0.235. The number of benzene rings is 2. The fourth-order valence-electron chi connectivity index (χ4n) is 6.79. The zero-order valence-electron chi connectivity index (χ0n) is 26.1. The average molecular weight is 619 g/mol. The van der Waals surface area contributed by atoms with Crippen LogP contribution in [0.15, 0.2) is 60.9 Å². The molecule has 2 aromatic carbocycles. The summed E-state index contributed by atoms with van der Waals surface area (Å²) in [7, 11) is 1.92. The topological polar surface area (TPSA) is 124 Å². The van der Waals surface area contributed by atoms with Gasteiger partial charge in [-0.3, -0.25) is 14.5 Å². The number of aliphatic hydroxyl groups excluding tert-OH is 2. The minimum atomic E-state index is -0.920. The molecular formula is C35H44N3O7+. The molecule has 0 unspecified atom stereocenters. The number of unbranched alkanes of at least 4 members (excludes halogenated alkanes) is 1. The van der Waals surface area contributed by atoms with Crippen LogP contribution in [0, 0.1) is 5.92 Å². The highest BCUT2D eigenvalue weighted by molar-refractivity contribution is 5.94. The maximum Gasteiger partial charge on any atom is 0.308 e. The van der Waals surface area contributed by atoms with Crippen molar-refractivity contribution >= 4 is 17.6 Å². The van der Waals surface area contributed by atoms with Crippen LogP contribution in [0.5, 0.6) is 11.5 Å². The molecule has 1 amide bonds. The van der Waals surface area contributed by atoms with E-state index in [-0.39, 0.29) is 32.5 Å². The standard InChI is InChI=1S/C35H43N3O7/c1-3-4-15-38(28-12-8-14-36(2)18-28)32(41)20-37-19-29(26-16-27(22-40)34-31(17-26)44-23-45-34)33(35(42)43)30(37)13-7-11-24-9-5-6-10-25(24)21-39/h5-6,8-10,12,14,16-18,29-30,33,39-40H,3-4,7,11,13,15,19-23H2,1-2H3/p+1/t29-,30+,33-/m1/s1.